The van der Waals surface area contributed by atoms with Crippen LogP contribution >= 0.6 is 23.5 Å². The van der Waals surface area contributed by atoms with E-state index >= 15 is 0 Å². The molecule has 0 radical (unpaired) electrons. The standard InChI is InChI=1S/C42H51NO6S2/c1-42(2,3)49-41(44)43-26-38(47-29-32-12-20-36(50-4)21-13-32)40(39(27-43)48-30-33-14-22-37(51-5)23-15-33)34-16-18-35(19-17-34)46-25-9-24-45-28-31-10-7-6-8-11-31/h6-8,10-23,38-40H,9,24-30H2,1-5H3/t38-,39+,40?. The number of likely N-dealkylation sites (tertiary alicyclic amines) is 1. The van der Waals surface area contributed by atoms with Crippen LogP contribution in [0.15, 0.2) is 113 Å². The van der Waals surface area contributed by atoms with Crippen LogP contribution in [0.1, 0.15) is 55.4 Å². The van der Waals surface area contributed by atoms with Gasteiger partial charge in [-0.25, -0.2) is 4.79 Å². The van der Waals surface area contributed by atoms with Crippen molar-refractivity contribution in [2.45, 2.75) is 80.5 Å². The number of nitrogens with zero attached hydrogens (tertiary/aromatic N) is 1. The highest BCUT2D eigenvalue weighted by Gasteiger charge is 2.42. The fourth-order valence-electron chi connectivity index (χ4n) is 5.94. The van der Waals surface area contributed by atoms with Crippen LogP contribution in [0.5, 0.6) is 5.75 Å². The van der Waals surface area contributed by atoms with Crippen molar-refractivity contribution in [1.29, 1.82) is 0 Å². The zero-order chi connectivity index (χ0) is 36.1. The van der Waals surface area contributed by atoms with Crippen molar-refractivity contribution in [3.8, 4) is 5.75 Å². The molecular formula is C42H51NO6S2. The molecule has 51 heavy (non-hydrogen) atoms. The van der Waals surface area contributed by atoms with Crippen molar-refractivity contribution in [2.24, 2.45) is 0 Å². The third kappa shape index (κ3) is 12.3. The van der Waals surface area contributed by atoms with Gasteiger partial charge in [-0.3, -0.25) is 0 Å². The largest absolute Gasteiger partial charge is 0.494 e. The number of hydrogen-bond acceptors (Lipinski definition) is 8. The van der Waals surface area contributed by atoms with E-state index in [1.54, 1.807) is 28.4 Å². The van der Waals surface area contributed by atoms with Crippen LogP contribution in [-0.4, -0.2) is 67.6 Å². The molecule has 0 N–H and O–H groups in total. The molecule has 1 fully saturated rings. The van der Waals surface area contributed by atoms with Crippen molar-refractivity contribution < 1.29 is 28.5 Å². The van der Waals surface area contributed by atoms with E-state index in [9.17, 15) is 4.79 Å². The predicted octanol–water partition coefficient (Wildman–Crippen LogP) is 9.62. The van der Waals surface area contributed by atoms with Crippen molar-refractivity contribution in [2.75, 3.05) is 38.8 Å². The van der Waals surface area contributed by atoms with Crippen LogP contribution in [0.4, 0.5) is 4.79 Å². The van der Waals surface area contributed by atoms with E-state index in [1.807, 2.05) is 51.1 Å². The van der Waals surface area contributed by atoms with E-state index in [4.69, 9.17) is 23.7 Å². The summed E-state index contributed by atoms with van der Waals surface area (Å²) in [6.45, 7) is 9.03. The molecule has 0 saturated carbocycles. The lowest BCUT2D eigenvalue weighted by atomic mass is 9.84. The lowest BCUT2D eigenvalue weighted by Crippen LogP contribution is -2.55. The summed E-state index contributed by atoms with van der Waals surface area (Å²) in [4.78, 5) is 17.6. The Kier molecular flexibility index (Phi) is 14.7. The van der Waals surface area contributed by atoms with E-state index in [2.05, 4.69) is 85.3 Å². The number of ether oxygens (including phenoxy) is 5. The molecule has 0 spiro atoms. The van der Waals surface area contributed by atoms with Crippen molar-refractivity contribution >= 4 is 29.6 Å². The molecule has 1 aliphatic rings. The summed E-state index contributed by atoms with van der Waals surface area (Å²) in [5.41, 5.74) is 3.76. The molecule has 0 bridgehead atoms. The summed E-state index contributed by atoms with van der Waals surface area (Å²) in [7, 11) is 0. The molecule has 1 amide bonds. The van der Waals surface area contributed by atoms with Gasteiger partial charge in [-0.2, -0.15) is 0 Å². The molecule has 4 aromatic rings. The van der Waals surface area contributed by atoms with Gasteiger partial charge in [-0.1, -0.05) is 66.7 Å². The van der Waals surface area contributed by atoms with E-state index in [0.29, 0.717) is 46.1 Å². The first-order valence-electron chi connectivity index (χ1n) is 17.5. The zero-order valence-corrected chi connectivity index (χ0v) is 32.1. The highest BCUT2D eigenvalue weighted by Crippen LogP contribution is 2.35. The SMILES string of the molecule is CSc1ccc(CO[C@H]2CN(C(=O)OC(C)(C)C)C[C@@H](OCc3ccc(SC)cc3)C2c2ccc(OCCCOCc3ccccc3)cc2)cc1. The van der Waals surface area contributed by atoms with Crippen LogP contribution in [0.2, 0.25) is 0 Å². The molecule has 5 rings (SSSR count). The van der Waals surface area contributed by atoms with Gasteiger partial charge in [-0.15, -0.1) is 23.5 Å². The summed E-state index contributed by atoms with van der Waals surface area (Å²) in [6.07, 6.45) is 3.87. The predicted molar refractivity (Wildman–Crippen MR) is 207 cm³/mol. The van der Waals surface area contributed by atoms with Gasteiger partial charge < -0.3 is 28.6 Å². The van der Waals surface area contributed by atoms with Crippen LogP contribution in [0, 0.1) is 0 Å². The number of amides is 1. The molecule has 0 aliphatic carbocycles. The number of hydrogen-bond donors (Lipinski definition) is 0. The highest BCUT2D eigenvalue weighted by atomic mass is 32.2. The minimum atomic E-state index is -0.622. The third-order valence-corrected chi connectivity index (χ3v) is 10.1. The monoisotopic (exact) mass is 729 g/mol. The van der Waals surface area contributed by atoms with Crippen molar-refractivity contribution in [3.05, 3.63) is 125 Å². The smallest absolute Gasteiger partial charge is 0.410 e. The third-order valence-electron chi connectivity index (χ3n) is 8.58. The molecule has 9 heteroatoms. The molecule has 0 aromatic heterocycles. The second kappa shape index (κ2) is 19.4. The number of rotatable bonds is 16. The molecule has 4 aromatic carbocycles. The fourth-order valence-corrected chi connectivity index (χ4v) is 6.76. The van der Waals surface area contributed by atoms with Gasteiger partial charge in [-0.05, 0) is 91.9 Å². The summed E-state index contributed by atoms with van der Waals surface area (Å²) in [5.74, 6) is 0.658. The molecule has 7 nitrogen and oxygen atoms in total. The van der Waals surface area contributed by atoms with Gasteiger partial charge >= 0.3 is 6.09 Å². The molecule has 1 unspecified atom stereocenters. The number of carbonyl (C=O) groups is 1. The lowest BCUT2D eigenvalue weighted by Gasteiger charge is -2.43. The number of carbonyl (C=O) groups excluding carboxylic acids is 1. The lowest BCUT2D eigenvalue weighted by molar-refractivity contribution is -0.100. The maximum Gasteiger partial charge on any atom is 0.410 e. The topological polar surface area (TPSA) is 66.5 Å². The minimum Gasteiger partial charge on any atom is -0.494 e. The van der Waals surface area contributed by atoms with Crippen molar-refractivity contribution in [3.63, 3.8) is 0 Å². The van der Waals surface area contributed by atoms with Gasteiger partial charge in [0.05, 0.1) is 58.3 Å². The molecule has 3 atom stereocenters. The first kappa shape index (κ1) is 38.8. The summed E-state index contributed by atoms with van der Waals surface area (Å²) in [5, 5.41) is 0. The Bertz CT molecular complexity index is 1550. The van der Waals surface area contributed by atoms with Crippen LogP contribution in [0.25, 0.3) is 0 Å². The summed E-state index contributed by atoms with van der Waals surface area (Å²) < 4.78 is 31.2. The van der Waals surface area contributed by atoms with Gasteiger partial charge in [0.15, 0.2) is 0 Å². The molecule has 272 valence electrons. The normalized spacial score (nSPS) is 17.7. The maximum absolute atomic E-state index is 13.5. The Balaban J connectivity index is 1.31. The van der Waals surface area contributed by atoms with Gasteiger partial charge in [0.1, 0.15) is 11.4 Å². The number of piperidine rings is 1. The Morgan fingerprint density at radius 3 is 1.73 bits per heavy atom. The Hall–Kier alpha value is -3.47. The van der Waals surface area contributed by atoms with E-state index in [-0.39, 0.29) is 24.2 Å². The fraction of sp³-hybridized carbons (Fsp3) is 0.405. The molecular weight excluding hydrogens is 679 g/mol. The second-order valence-corrected chi connectivity index (χ2v) is 15.4. The van der Waals surface area contributed by atoms with Gasteiger partial charge in [0.2, 0.25) is 0 Å². The minimum absolute atomic E-state index is 0.139. The number of thioether (sulfide) groups is 2. The average Bonchev–Trinajstić information content (AvgIpc) is 3.14. The second-order valence-electron chi connectivity index (χ2n) is 13.6. The van der Waals surface area contributed by atoms with E-state index < -0.39 is 5.60 Å². The first-order chi connectivity index (χ1) is 24.7. The average molecular weight is 730 g/mol. The Morgan fingerprint density at radius 2 is 1.22 bits per heavy atom. The molecule has 1 saturated heterocycles. The van der Waals surface area contributed by atoms with E-state index in [1.165, 1.54) is 9.79 Å². The van der Waals surface area contributed by atoms with Gasteiger partial charge in [0, 0.05) is 22.1 Å². The van der Waals surface area contributed by atoms with Crippen LogP contribution in [0.3, 0.4) is 0 Å². The summed E-state index contributed by atoms with van der Waals surface area (Å²) in [6, 6.07) is 35.2. The quantitative estimate of drug-likeness (QED) is 0.0835. The van der Waals surface area contributed by atoms with Crippen LogP contribution in [-0.2, 0) is 38.8 Å². The zero-order valence-electron chi connectivity index (χ0n) is 30.4. The first-order valence-corrected chi connectivity index (χ1v) is 20.0. The molecule has 1 heterocycles. The van der Waals surface area contributed by atoms with E-state index in [0.717, 1.165) is 34.4 Å². The highest BCUT2D eigenvalue weighted by molar-refractivity contribution is 7.98. The van der Waals surface area contributed by atoms with Crippen molar-refractivity contribution in [1.82, 2.24) is 4.90 Å². The van der Waals surface area contributed by atoms with Crippen LogP contribution < -0.4 is 4.74 Å². The Labute approximate surface area is 312 Å². The Morgan fingerprint density at radius 1 is 0.686 bits per heavy atom. The maximum atomic E-state index is 13.5. The molecule has 1 aliphatic heterocycles. The van der Waals surface area contributed by atoms with Gasteiger partial charge in [0.25, 0.3) is 0 Å². The summed E-state index contributed by atoms with van der Waals surface area (Å²) >= 11 is 3.42. The number of benzene rings is 4.